The molecule has 33 heavy (non-hydrogen) atoms. The highest BCUT2D eigenvalue weighted by atomic mass is 16.3. The molecule has 6 rings (SSSR count). The molecule has 3 aliphatic heterocycles. The van der Waals surface area contributed by atoms with Gasteiger partial charge in [0.2, 0.25) is 5.91 Å². The summed E-state index contributed by atoms with van der Waals surface area (Å²) in [5, 5.41) is 3.89. The summed E-state index contributed by atoms with van der Waals surface area (Å²) in [5.74, 6) is 1.65. The molecule has 172 valence electrons. The van der Waals surface area contributed by atoms with Crippen LogP contribution >= 0.6 is 0 Å². The van der Waals surface area contributed by atoms with Gasteiger partial charge in [-0.1, -0.05) is 42.5 Å². The Kier molecular flexibility index (Phi) is 6.07. The molecular formula is C28H32N2O3. The number of amides is 1. The average Bonchev–Trinajstić information content (AvgIpc) is 3.25. The molecule has 5 nitrogen and oxygen atoms in total. The SMILES string of the molecule is CC(C)NC(=O)Cc1ccccc1-c1cccc2cc(C(=O)C[C@H]3CN4CCC3CC4)oc12. The Bertz CT molecular complexity index is 1170. The highest BCUT2D eigenvalue weighted by Crippen LogP contribution is 2.37. The van der Waals surface area contributed by atoms with E-state index in [1.807, 2.05) is 62.4 Å². The number of rotatable bonds is 7. The van der Waals surface area contributed by atoms with Gasteiger partial charge in [0.15, 0.2) is 11.5 Å². The number of furan rings is 1. The van der Waals surface area contributed by atoms with Gasteiger partial charge in [0.1, 0.15) is 5.58 Å². The maximum absolute atomic E-state index is 13.2. The van der Waals surface area contributed by atoms with E-state index >= 15 is 0 Å². The highest BCUT2D eigenvalue weighted by molar-refractivity contribution is 6.01. The molecular weight excluding hydrogens is 412 g/mol. The van der Waals surface area contributed by atoms with Gasteiger partial charge >= 0.3 is 0 Å². The summed E-state index contributed by atoms with van der Waals surface area (Å²) in [5.41, 5.74) is 3.54. The van der Waals surface area contributed by atoms with Gasteiger partial charge < -0.3 is 14.6 Å². The second kappa shape index (κ2) is 9.14. The van der Waals surface area contributed by atoms with Gasteiger partial charge in [0.05, 0.1) is 6.42 Å². The summed E-state index contributed by atoms with van der Waals surface area (Å²) in [6.07, 6.45) is 3.28. The minimum Gasteiger partial charge on any atom is -0.452 e. The third-order valence-corrected chi connectivity index (χ3v) is 7.17. The number of carbonyl (C=O) groups is 2. The van der Waals surface area contributed by atoms with Gasteiger partial charge in [-0.05, 0) is 68.8 Å². The Balaban J connectivity index is 1.42. The maximum atomic E-state index is 13.2. The number of piperidine rings is 3. The number of fused-ring (bicyclic) bond motifs is 4. The molecule has 3 aromatic rings. The summed E-state index contributed by atoms with van der Waals surface area (Å²) in [7, 11) is 0. The molecule has 2 aromatic carbocycles. The lowest BCUT2D eigenvalue weighted by molar-refractivity contribution is -0.120. The molecule has 0 aliphatic carbocycles. The highest BCUT2D eigenvalue weighted by Gasteiger charge is 2.35. The Labute approximate surface area is 195 Å². The van der Waals surface area contributed by atoms with Gasteiger partial charge in [-0.15, -0.1) is 0 Å². The summed E-state index contributed by atoms with van der Waals surface area (Å²) in [6.45, 7) is 7.31. The van der Waals surface area contributed by atoms with Gasteiger partial charge in [-0.25, -0.2) is 0 Å². The minimum absolute atomic E-state index is 0.00235. The van der Waals surface area contributed by atoms with Crippen molar-refractivity contribution < 1.29 is 14.0 Å². The number of ketones is 1. The molecule has 1 N–H and O–H groups in total. The fourth-order valence-corrected chi connectivity index (χ4v) is 5.55. The predicted octanol–water partition coefficient (Wildman–Crippen LogP) is 5.08. The van der Waals surface area contributed by atoms with Crippen molar-refractivity contribution in [3.8, 4) is 11.1 Å². The Morgan fingerprint density at radius 3 is 2.55 bits per heavy atom. The maximum Gasteiger partial charge on any atom is 0.224 e. The zero-order chi connectivity index (χ0) is 22.9. The van der Waals surface area contributed by atoms with Crippen LogP contribution in [0.25, 0.3) is 22.1 Å². The Hall–Kier alpha value is -2.92. The molecule has 0 unspecified atom stereocenters. The van der Waals surface area contributed by atoms with E-state index in [0.717, 1.165) is 28.6 Å². The molecule has 0 radical (unpaired) electrons. The lowest BCUT2D eigenvalue weighted by Gasteiger charge is -2.44. The van der Waals surface area contributed by atoms with Crippen LogP contribution in [-0.2, 0) is 11.2 Å². The molecule has 5 heteroatoms. The number of hydrogen-bond acceptors (Lipinski definition) is 4. The second-order valence-electron chi connectivity index (χ2n) is 9.92. The van der Waals surface area contributed by atoms with E-state index < -0.39 is 0 Å². The van der Waals surface area contributed by atoms with Crippen LogP contribution in [0, 0.1) is 11.8 Å². The van der Waals surface area contributed by atoms with Crippen LogP contribution in [0.5, 0.6) is 0 Å². The fourth-order valence-electron chi connectivity index (χ4n) is 5.55. The normalized spacial score (nSPS) is 22.1. The topological polar surface area (TPSA) is 62.6 Å². The molecule has 3 aliphatic rings. The van der Waals surface area contributed by atoms with Crippen LogP contribution in [0.1, 0.15) is 49.2 Å². The van der Waals surface area contributed by atoms with Crippen molar-refractivity contribution in [2.45, 2.75) is 45.6 Å². The molecule has 1 amide bonds. The minimum atomic E-state index is -0.00235. The van der Waals surface area contributed by atoms with E-state index in [1.54, 1.807) is 0 Å². The monoisotopic (exact) mass is 444 g/mol. The van der Waals surface area contributed by atoms with E-state index in [-0.39, 0.29) is 17.7 Å². The largest absolute Gasteiger partial charge is 0.452 e. The van der Waals surface area contributed by atoms with E-state index in [1.165, 1.54) is 25.9 Å². The zero-order valence-corrected chi connectivity index (χ0v) is 19.5. The molecule has 3 saturated heterocycles. The molecule has 0 saturated carbocycles. The quantitative estimate of drug-likeness (QED) is 0.516. The van der Waals surface area contributed by atoms with Crippen molar-refractivity contribution in [2.75, 3.05) is 19.6 Å². The molecule has 3 fully saturated rings. The summed E-state index contributed by atoms with van der Waals surface area (Å²) in [6, 6.07) is 15.9. The van der Waals surface area contributed by atoms with Crippen LogP contribution in [0.4, 0.5) is 0 Å². The number of para-hydroxylation sites is 1. The summed E-state index contributed by atoms with van der Waals surface area (Å²) in [4.78, 5) is 28.1. The Morgan fingerprint density at radius 1 is 1.06 bits per heavy atom. The summed E-state index contributed by atoms with van der Waals surface area (Å²) < 4.78 is 6.20. The van der Waals surface area contributed by atoms with Crippen LogP contribution < -0.4 is 5.32 Å². The molecule has 2 bridgehead atoms. The van der Waals surface area contributed by atoms with Crippen molar-refractivity contribution in [2.24, 2.45) is 11.8 Å². The van der Waals surface area contributed by atoms with Crippen LogP contribution in [-0.4, -0.2) is 42.3 Å². The van der Waals surface area contributed by atoms with Crippen molar-refractivity contribution in [3.63, 3.8) is 0 Å². The molecule has 1 atom stereocenters. The van der Waals surface area contributed by atoms with Crippen molar-refractivity contribution >= 4 is 22.7 Å². The first-order valence-corrected chi connectivity index (χ1v) is 12.1. The fraction of sp³-hybridized carbons (Fsp3) is 0.429. The number of carbonyl (C=O) groups excluding carboxylic acids is 2. The van der Waals surface area contributed by atoms with Crippen molar-refractivity contribution in [3.05, 3.63) is 59.9 Å². The number of hydrogen-bond donors (Lipinski definition) is 1. The van der Waals surface area contributed by atoms with E-state index in [2.05, 4.69) is 10.2 Å². The second-order valence-corrected chi connectivity index (χ2v) is 9.92. The number of benzene rings is 2. The van der Waals surface area contributed by atoms with Crippen LogP contribution in [0.3, 0.4) is 0 Å². The standard InChI is InChI=1S/C28H32N2O3/c1-18(2)29-27(32)16-20-6-3-4-8-23(20)24-9-5-7-21-15-26(33-28(21)24)25(31)14-22-17-30-12-10-19(22)11-13-30/h3-9,15,18-19,22H,10-14,16-17H2,1-2H3,(H,29,32)/t22-/m0/s1. The molecule has 4 heterocycles. The van der Waals surface area contributed by atoms with Gasteiger partial charge in [0, 0.05) is 30.0 Å². The average molecular weight is 445 g/mol. The molecule has 1 aromatic heterocycles. The summed E-state index contributed by atoms with van der Waals surface area (Å²) >= 11 is 0. The van der Waals surface area contributed by atoms with Crippen LogP contribution in [0.2, 0.25) is 0 Å². The van der Waals surface area contributed by atoms with E-state index in [9.17, 15) is 9.59 Å². The lowest BCUT2D eigenvalue weighted by atomic mass is 9.76. The van der Waals surface area contributed by atoms with E-state index in [0.29, 0.717) is 36.0 Å². The number of nitrogens with zero attached hydrogens (tertiary/aromatic N) is 1. The van der Waals surface area contributed by atoms with Gasteiger partial charge in [-0.3, -0.25) is 9.59 Å². The predicted molar refractivity (Wildman–Crippen MR) is 130 cm³/mol. The van der Waals surface area contributed by atoms with Crippen LogP contribution in [0.15, 0.2) is 52.9 Å². The van der Waals surface area contributed by atoms with Crippen molar-refractivity contribution in [1.82, 2.24) is 10.2 Å². The first-order chi connectivity index (χ1) is 16.0. The smallest absolute Gasteiger partial charge is 0.224 e. The van der Waals surface area contributed by atoms with E-state index in [4.69, 9.17) is 4.42 Å². The van der Waals surface area contributed by atoms with Gasteiger partial charge in [-0.2, -0.15) is 0 Å². The lowest BCUT2D eigenvalue weighted by Crippen LogP contribution is -2.47. The zero-order valence-electron chi connectivity index (χ0n) is 19.5. The number of Topliss-reactive ketones (excluding diaryl/α,β-unsaturated/α-hetero) is 1. The third kappa shape index (κ3) is 4.60. The first-order valence-electron chi connectivity index (χ1n) is 12.1. The molecule has 0 spiro atoms. The number of nitrogens with one attached hydrogen (secondary N) is 1. The third-order valence-electron chi connectivity index (χ3n) is 7.17. The van der Waals surface area contributed by atoms with Crippen molar-refractivity contribution in [1.29, 1.82) is 0 Å². The van der Waals surface area contributed by atoms with Gasteiger partial charge in [0.25, 0.3) is 0 Å². The Morgan fingerprint density at radius 2 is 1.82 bits per heavy atom. The first kappa shape index (κ1) is 21.9.